The van der Waals surface area contributed by atoms with E-state index < -0.39 is 32.0 Å². The fraction of sp³-hybridized carbons (Fsp3) is 1.00. The van der Waals surface area contributed by atoms with Crippen LogP contribution in [0.3, 0.4) is 0 Å². The first-order valence-electron chi connectivity index (χ1n) is 2.80. The summed E-state index contributed by atoms with van der Waals surface area (Å²) in [6, 6.07) is 0. The number of hydrogen-bond acceptors (Lipinski definition) is 8. The summed E-state index contributed by atoms with van der Waals surface area (Å²) in [5.74, 6) is -4.01. The van der Waals surface area contributed by atoms with E-state index in [9.17, 15) is 40.5 Å². The monoisotopic (exact) mass is 250 g/mol. The number of nitro groups is 4. The average molecular weight is 250 g/mol. The predicted octanol–water partition coefficient (Wildman–Crippen LogP) is -4.14. The van der Waals surface area contributed by atoms with E-state index in [1.165, 1.54) is 0 Å². The zero-order valence-corrected chi connectivity index (χ0v) is 10.4. The molecule has 0 aliphatic rings. The number of nitrogens with zero attached hydrogens (tertiary/aromatic N) is 4. The van der Waals surface area contributed by atoms with E-state index in [4.69, 9.17) is 0 Å². The van der Waals surface area contributed by atoms with E-state index in [0.29, 0.717) is 0 Å². The number of rotatable bonds is 5. The quantitative estimate of drug-likeness (QED) is 0.204. The van der Waals surface area contributed by atoms with Crippen molar-refractivity contribution in [3.05, 3.63) is 40.5 Å². The molecule has 0 spiro atoms. The smallest absolute Gasteiger partial charge is 1.00 e. The van der Waals surface area contributed by atoms with Gasteiger partial charge < -0.3 is 1.43 Å². The summed E-state index contributed by atoms with van der Waals surface area (Å²) in [4.78, 5) is 32.8. The maximum atomic E-state index is 10.1. The van der Waals surface area contributed by atoms with Crippen LogP contribution in [0.1, 0.15) is 1.43 Å². The first-order chi connectivity index (χ1) is 6.25. The van der Waals surface area contributed by atoms with Crippen LogP contribution in [0, 0.1) is 40.5 Å². The Bertz CT molecular complexity index is 283. The van der Waals surface area contributed by atoms with Crippen LogP contribution in [0.2, 0.25) is 0 Å². The summed E-state index contributed by atoms with van der Waals surface area (Å²) in [5.41, 5.74) is 0. The van der Waals surface area contributed by atoms with Crippen molar-refractivity contribution in [2.75, 3.05) is 6.54 Å². The Hall–Kier alpha value is -0.764. The molecule has 0 radical (unpaired) electrons. The van der Waals surface area contributed by atoms with Crippen LogP contribution in [0.5, 0.6) is 0 Å². The normalized spacial score (nSPS) is 9.87. The van der Waals surface area contributed by atoms with Crippen molar-refractivity contribution < 1.29 is 72.5 Å². The second-order valence-electron chi connectivity index (χ2n) is 2.04. The van der Waals surface area contributed by atoms with Gasteiger partial charge in [0.2, 0.25) is 0 Å². The molecule has 0 saturated carbocycles. The van der Waals surface area contributed by atoms with Crippen LogP contribution in [-0.4, -0.2) is 32.0 Å². The summed E-state index contributed by atoms with van der Waals surface area (Å²) in [7, 11) is 0. The van der Waals surface area contributed by atoms with Crippen LogP contribution >= 0.6 is 0 Å². The fourth-order valence-corrected chi connectivity index (χ4v) is 0.546. The van der Waals surface area contributed by atoms with Crippen LogP contribution in [0.25, 0.3) is 0 Å². The molecule has 0 atom stereocenters. The van der Waals surface area contributed by atoms with Crippen molar-refractivity contribution in [1.29, 1.82) is 0 Å². The molecule has 13 heteroatoms. The second-order valence-corrected chi connectivity index (χ2v) is 2.04. The van der Waals surface area contributed by atoms with E-state index in [0.717, 1.165) is 0 Å². The first kappa shape index (κ1) is 16.7. The molecule has 0 aromatic rings. The Balaban J connectivity index is -0.000000845. The van der Waals surface area contributed by atoms with Gasteiger partial charge in [-0.3, -0.25) is 40.5 Å². The third-order valence-corrected chi connectivity index (χ3v) is 1.22. The van der Waals surface area contributed by atoms with E-state index in [-0.39, 0.29) is 52.8 Å². The Labute approximate surface area is 124 Å². The topological polar surface area (TPSA) is 173 Å². The summed E-state index contributed by atoms with van der Waals surface area (Å²) in [6.45, 7) is -2.01. The molecule has 15 heavy (non-hydrogen) atoms. The molecule has 0 N–H and O–H groups in total. The summed E-state index contributed by atoms with van der Waals surface area (Å²) in [6.07, 6.45) is 0. The molecule has 0 saturated heterocycles. The largest absolute Gasteiger partial charge is 1.00 e. The predicted molar refractivity (Wildman–Crippen MR) is 36.7 cm³/mol. The summed E-state index contributed by atoms with van der Waals surface area (Å²) >= 11 is 0. The van der Waals surface area contributed by atoms with Crippen molar-refractivity contribution in [1.82, 2.24) is 0 Å². The second kappa shape index (κ2) is 5.96. The molecule has 80 valence electrons. The number of hydrogen-bond donors (Lipinski definition) is 0. The van der Waals surface area contributed by atoms with E-state index >= 15 is 0 Å². The third kappa shape index (κ3) is 3.38. The van der Waals surface area contributed by atoms with Gasteiger partial charge in [0.05, 0.1) is 0 Å². The van der Waals surface area contributed by atoms with Gasteiger partial charge in [-0.25, -0.2) is 0 Å². The molecule has 0 aromatic heterocycles. The SMILES string of the molecule is O=[N+]([O-])CC([N+](=O)[O-])([N+](=O)[O-])[N+](=O)[O-].[H-].[K+]. The van der Waals surface area contributed by atoms with Gasteiger partial charge >= 0.3 is 63.7 Å². The van der Waals surface area contributed by atoms with Crippen molar-refractivity contribution in [3.8, 4) is 0 Å². The molecule has 0 bridgehead atoms. The van der Waals surface area contributed by atoms with Gasteiger partial charge in [-0.1, -0.05) is 0 Å². The minimum atomic E-state index is -4.01. The van der Waals surface area contributed by atoms with Gasteiger partial charge in [-0.2, -0.15) is 0 Å². The average Bonchev–Trinajstić information content (AvgIpc) is 1.97. The van der Waals surface area contributed by atoms with E-state index in [1.54, 1.807) is 0 Å². The molecule has 0 fully saturated rings. The zero-order chi connectivity index (χ0) is 11.5. The van der Waals surface area contributed by atoms with Gasteiger partial charge in [0.1, 0.15) is 0 Å². The fourth-order valence-electron chi connectivity index (χ4n) is 0.546. The first-order valence-corrected chi connectivity index (χ1v) is 2.80. The molecule has 0 unspecified atom stereocenters. The minimum absolute atomic E-state index is 0. The summed E-state index contributed by atoms with van der Waals surface area (Å²) in [5, 5.41) is 40.0. The third-order valence-electron chi connectivity index (χ3n) is 1.22. The Morgan fingerprint density at radius 3 is 1.20 bits per heavy atom. The molecule has 0 rings (SSSR count). The van der Waals surface area contributed by atoms with Crippen molar-refractivity contribution >= 4 is 0 Å². The molecule has 0 heterocycles. The van der Waals surface area contributed by atoms with E-state index in [1.807, 2.05) is 0 Å². The van der Waals surface area contributed by atoms with Crippen molar-refractivity contribution in [2.24, 2.45) is 0 Å². The molecular formula is C2H3KN4O8. The Morgan fingerprint density at radius 2 is 1.13 bits per heavy atom. The standard InChI is InChI=1S/C2H2N4O8.K.H/c7-3(8)1-2(4(9)10,5(11)12)6(13)14;;/h1H2;;/q;+1;-1. The molecule has 0 aliphatic heterocycles. The zero-order valence-electron chi connectivity index (χ0n) is 8.26. The van der Waals surface area contributed by atoms with Crippen LogP contribution in [-0.2, 0) is 0 Å². The molecule has 0 aliphatic carbocycles. The summed E-state index contributed by atoms with van der Waals surface area (Å²) < 4.78 is 0. The minimum Gasteiger partial charge on any atom is -1.00 e. The van der Waals surface area contributed by atoms with Crippen LogP contribution in [0.4, 0.5) is 0 Å². The Kier molecular flexibility index (Phi) is 6.62. The van der Waals surface area contributed by atoms with Gasteiger partial charge in [-0.05, 0) is 0 Å². The molecule has 0 aromatic carbocycles. The van der Waals surface area contributed by atoms with Crippen LogP contribution < -0.4 is 51.4 Å². The molecule has 0 amide bonds. The van der Waals surface area contributed by atoms with Crippen molar-refractivity contribution in [3.63, 3.8) is 0 Å². The molecular weight excluding hydrogens is 247 g/mol. The van der Waals surface area contributed by atoms with Gasteiger partial charge in [0.15, 0.2) is 14.8 Å². The maximum absolute atomic E-state index is 10.1. The molecule has 12 nitrogen and oxygen atoms in total. The maximum Gasteiger partial charge on any atom is 1.00 e. The van der Waals surface area contributed by atoms with Gasteiger partial charge in [0, 0.05) is 4.92 Å². The Morgan fingerprint density at radius 1 is 0.867 bits per heavy atom. The van der Waals surface area contributed by atoms with Crippen molar-refractivity contribution in [2.45, 2.75) is 5.79 Å². The van der Waals surface area contributed by atoms with E-state index in [2.05, 4.69) is 0 Å². The van der Waals surface area contributed by atoms with Gasteiger partial charge in [-0.15, -0.1) is 0 Å². The van der Waals surface area contributed by atoms with Crippen LogP contribution in [0.15, 0.2) is 0 Å². The van der Waals surface area contributed by atoms with Gasteiger partial charge in [0.25, 0.3) is 0 Å².